The van der Waals surface area contributed by atoms with Crippen LogP contribution in [0.25, 0.3) is 11.5 Å². The first-order valence-corrected chi connectivity index (χ1v) is 12.7. The molecule has 4 aliphatic rings. The summed E-state index contributed by atoms with van der Waals surface area (Å²) in [6.45, 7) is 4.93. The molecule has 0 radical (unpaired) electrons. The van der Waals surface area contributed by atoms with Crippen molar-refractivity contribution in [2.75, 3.05) is 39.8 Å². The van der Waals surface area contributed by atoms with Gasteiger partial charge in [0.1, 0.15) is 11.4 Å². The summed E-state index contributed by atoms with van der Waals surface area (Å²) in [4.78, 5) is 33.4. The van der Waals surface area contributed by atoms with E-state index in [1.807, 2.05) is 9.58 Å². The van der Waals surface area contributed by atoms with Gasteiger partial charge < -0.3 is 23.6 Å². The van der Waals surface area contributed by atoms with Crippen LogP contribution in [0.2, 0.25) is 0 Å². The standard InChI is InChI=1S/C25H29N7O4/c1-29-9-16-11-30(12-17(16)10-29)24(33)18-13-31(14-20-23(18)32(28-26-20)8-15-4-5-15)25(34)22-7-19(27-36-22)21-3-2-6-35-21/h2-3,6-7,15-18H,4-5,8-14H2,1H3. The van der Waals surface area contributed by atoms with Gasteiger partial charge in [-0.15, -0.1) is 5.10 Å². The summed E-state index contributed by atoms with van der Waals surface area (Å²) in [7, 11) is 2.14. The van der Waals surface area contributed by atoms with E-state index in [1.54, 1.807) is 29.4 Å². The predicted molar refractivity (Wildman–Crippen MR) is 125 cm³/mol. The Labute approximate surface area is 208 Å². The van der Waals surface area contributed by atoms with E-state index in [9.17, 15) is 9.59 Å². The highest BCUT2D eigenvalue weighted by atomic mass is 16.5. The van der Waals surface area contributed by atoms with Crippen LogP contribution in [0.3, 0.4) is 0 Å². The molecule has 3 atom stereocenters. The van der Waals surface area contributed by atoms with Crippen molar-refractivity contribution in [3.05, 3.63) is 41.6 Å². The smallest absolute Gasteiger partial charge is 0.292 e. The zero-order valence-electron chi connectivity index (χ0n) is 20.2. The molecule has 2 amide bonds. The first-order chi connectivity index (χ1) is 17.5. The molecule has 11 heteroatoms. The van der Waals surface area contributed by atoms with E-state index in [1.165, 1.54) is 12.8 Å². The van der Waals surface area contributed by atoms with Crippen LogP contribution in [0.5, 0.6) is 0 Å². The van der Waals surface area contributed by atoms with Crippen LogP contribution in [-0.2, 0) is 17.9 Å². The molecule has 0 bridgehead atoms. The van der Waals surface area contributed by atoms with E-state index in [0.29, 0.717) is 34.9 Å². The molecular weight excluding hydrogens is 462 g/mol. The minimum Gasteiger partial charge on any atom is -0.463 e. The Kier molecular flexibility index (Phi) is 5.02. The average Bonchev–Trinajstić information content (AvgIpc) is 3.40. The van der Waals surface area contributed by atoms with Gasteiger partial charge in [0.25, 0.3) is 5.91 Å². The lowest BCUT2D eigenvalue weighted by atomic mass is 9.96. The van der Waals surface area contributed by atoms with E-state index in [2.05, 4.69) is 27.4 Å². The third-order valence-electron chi connectivity index (χ3n) is 8.11. The Morgan fingerprint density at radius 2 is 1.89 bits per heavy atom. The van der Waals surface area contributed by atoms with E-state index >= 15 is 0 Å². The number of fused-ring (bicyclic) bond motifs is 2. The highest BCUT2D eigenvalue weighted by Crippen LogP contribution is 2.37. The number of hydrogen-bond donors (Lipinski definition) is 0. The summed E-state index contributed by atoms with van der Waals surface area (Å²) in [5, 5.41) is 12.8. The fraction of sp³-hybridized carbons (Fsp3) is 0.560. The van der Waals surface area contributed by atoms with Crippen molar-refractivity contribution in [1.29, 1.82) is 0 Å². The molecule has 0 aromatic carbocycles. The number of amides is 2. The maximum atomic E-state index is 13.9. The second-order valence-corrected chi connectivity index (χ2v) is 10.8. The van der Waals surface area contributed by atoms with Crippen molar-refractivity contribution in [2.45, 2.75) is 31.8 Å². The summed E-state index contributed by atoms with van der Waals surface area (Å²) in [5.41, 5.74) is 2.02. The van der Waals surface area contributed by atoms with Crippen molar-refractivity contribution in [3.63, 3.8) is 0 Å². The van der Waals surface area contributed by atoms with E-state index in [-0.39, 0.29) is 30.7 Å². The van der Waals surface area contributed by atoms with Crippen LogP contribution in [0.4, 0.5) is 0 Å². The zero-order chi connectivity index (χ0) is 24.4. The summed E-state index contributed by atoms with van der Waals surface area (Å²) < 4.78 is 12.7. The lowest BCUT2D eigenvalue weighted by Gasteiger charge is -2.33. The van der Waals surface area contributed by atoms with Gasteiger partial charge in [-0.3, -0.25) is 9.59 Å². The molecule has 3 aromatic rings. The number of carbonyl (C=O) groups is 2. The number of carbonyl (C=O) groups excluding carboxylic acids is 2. The Bertz CT molecular complexity index is 1280. The van der Waals surface area contributed by atoms with E-state index in [0.717, 1.165) is 38.4 Å². The molecule has 3 aliphatic heterocycles. The van der Waals surface area contributed by atoms with Gasteiger partial charge in [0, 0.05) is 45.3 Å². The van der Waals surface area contributed by atoms with Crippen molar-refractivity contribution in [2.24, 2.45) is 17.8 Å². The van der Waals surface area contributed by atoms with Gasteiger partial charge in [0.05, 0.1) is 24.4 Å². The monoisotopic (exact) mass is 491 g/mol. The Hall–Kier alpha value is -3.47. The van der Waals surface area contributed by atoms with Crippen LogP contribution >= 0.6 is 0 Å². The summed E-state index contributed by atoms with van der Waals surface area (Å²) in [6, 6.07) is 5.09. The van der Waals surface area contributed by atoms with Crippen LogP contribution < -0.4 is 0 Å². The second-order valence-electron chi connectivity index (χ2n) is 10.8. The third-order valence-corrected chi connectivity index (χ3v) is 8.11. The number of rotatable bonds is 5. The highest BCUT2D eigenvalue weighted by molar-refractivity contribution is 5.93. The number of furan rings is 1. The van der Waals surface area contributed by atoms with Gasteiger partial charge in [-0.2, -0.15) is 0 Å². The van der Waals surface area contributed by atoms with Crippen LogP contribution in [0, 0.1) is 17.8 Å². The molecule has 3 aromatic heterocycles. The number of hydrogen-bond acceptors (Lipinski definition) is 8. The lowest BCUT2D eigenvalue weighted by molar-refractivity contribution is -0.133. The van der Waals surface area contributed by atoms with Gasteiger partial charge in [0.15, 0.2) is 5.76 Å². The van der Waals surface area contributed by atoms with Gasteiger partial charge in [-0.05, 0) is 49.8 Å². The fourth-order valence-electron chi connectivity index (χ4n) is 6.13. The molecule has 2 saturated heterocycles. The largest absolute Gasteiger partial charge is 0.463 e. The molecule has 6 heterocycles. The third kappa shape index (κ3) is 3.73. The average molecular weight is 492 g/mol. The lowest BCUT2D eigenvalue weighted by Crippen LogP contribution is -2.46. The number of aromatic nitrogens is 4. The number of nitrogens with zero attached hydrogens (tertiary/aromatic N) is 7. The normalized spacial score (nSPS) is 25.9. The van der Waals surface area contributed by atoms with Crippen LogP contribution in [-0.4, -0.2) is 86.4 Å². The summed E-state index contributed by atoms with van der Waals surface area (Å²) in [5.74, 6) is 1.53. The Morgan fingerprint density at radius 1 is 1.08 bits per heavy atom. The minimum absolute atomic E-state index is 0.0685. The zero-order valence-corrected chi connectivity index (χ0v) is 20.2. The van der Waals surface area contributed by atoms with Gasteiger partial charge >= 0.3 is 0 Å². The second kappa shape index (κ2) is 8.29. The molecule has 1 aliphatic carbocycles. The molecule has 36 heavy (non-hydrogen) atoms. The Morgan fingerprint density at radius 3 is 2.61 bits per heavy atom. The minimum atomic E-state index is -0.490. The Balaban J connectivity index is 1.16. The maximum Gasteiger partial charge on any atom is 0.292 e. The molecule has 3 unspecified atom stereocenters. The van der Waals surface area contributed by atoms with Gasteiger partial charge in [-0.1, -0.05) is 10.4 Å². The van der Waals surface area contributed by atoms with Crippen molar-refractivity contribution in [3.8, 4) is 11.5 Å². The maximum absolute atomic E-state index is 13.9. The van der Waals surface area contributed by atoms with Crippen LogP contribution in [0.15, 0.2) is 33.4 Å². The quantitative estimate of drug-likeness (QED) is 0.530. The van der Waals surface area contributed by atoms with Crippen molar-refractivity contribution in [1.82, 2.24) is 34.9 Å². The molecule has 0 spiro atoms. The predicted octanol–water partition coefficient (Wildman–Crippen LogP) is 1.70. The first kappa shape index (κ1) is 21.8. The molecule has 7 rings (SSSR count). The van der Waals surface area contributed by atoms with Gasteiger partial charge in [-0.25, -0.2) is 4.68 Å². The topological polar surface area (TPSA) is 114 Å². The molecule has 0 N–H and O–H groups in total. The first-order valence-electron chi connectivity index (χ1n) is 12.7. The molecule has 188 valence electrons. The molecule has 3 fully saturated rings. The van der Waals surface area contributed by atoms with Crippen LogP contribution in [0.1, 0.15) is 40.7 Å². The van der Waals surface area contributed by atoms with Crippen molar-refractivity contribution < 1.29 is 18.5 Å². The summed E-state index contributed by atoms with van der Waals surface area (Å²) in [6.07, 6.45) is 3.91. The van der Waals surface area contributed by atoms with E-state index < -0.39 is 5.92 Å². The number of likely N-dealkylation sites (tertiary alicyclic amines) is 2. The van der Waals surface area contributed by atoms with Gasteiger partial charge in [0.2, 0.25) is 11.7 Å². The van der Waals surface area contributed by atoms with Crippen molar-refractivity contribution >= 4 is 11.8 Å². The fourth-order valence-corrected chi connectivity index (χ4v) is 6.13. The molecular formula is C25H29N7O4. The molecule has 1 saturated carbocycles. The molecule has 11 nitrogen and oxygen atoms in total. The van der Waals surface area contributed by atoms with E-state index in [4.69, 9.17) is 8.94 Å². The highest BCUT2D eigenvalue weighted by Gasteiger charge is 2.45. The SMILES string of the molecule is CN1CC2CN(C(=O)C3CN(C(=O)c4cc(-c5ccco5)no4)Cc4nnn(CC5CC5)c43)CC2C1. The summed E-state index contributed by atoms with van der Waals surface area (Å²) >= 11 is 0.